The SMILES string of the molecule is C=CN(CCC(NC=O)c1cncs1)CC(C)n1c(C)nc2c1CCN(C)C2.CC.CC(C)C=O. The smallest absolute Gasteiger partial charge is 0.207 e. The Hall–Kier alpha value is -2.52. The number of aldehydes is 1. The fourth-order valence-electron chi connectivity index (χ4n) is 4.02. The summed E-state index contributed by atoms with van der Waals surface area (Å²) in [6.07, 6.45) is 7.26. The normalized spacial score (nSPS) is 14.4. The lowest BCUT2D eigenvalue weighted by Crippen LogP contribution is -2.32. The van der Waals surface area contributed by atoms with Crippen LogP contribution in [0.15, 0.2) is 24.5 Å². The summed E-state index contributed by atoms with van der Waals surface area (Å²) in [5, 5.41) is 2.91. The Morgan fingerprint density at radius 1 is 1.29 bits per heavy atom. The quantitative estimate of drug-likeness (QED) is 0.457. The first-order chi connectivity index (χ1) is 16.8. The third kappa shape index (κ3) is 9.57. The molecule has 35 heavy (non-hydrogen) atoms. The molecule has 0 radical (unpaired) electrons. The number of amides is 1. The fraction of sp³-hybridized carbons (Fsp3) is 0.615. The van der Waals surface area contributed by atoms with Gasteiger partial charge >= 0.3 is 0 Å². The highest BCUT2D eigenvalue weighted by atomic mass is 32.1. The molecule has 2 atom stereocenters. The lowest BCUT2D eigenvalue weighted by molar-refractivity contribution is -0.111. The van der Waals surface area contributed by atoms with Gasteiger partial charge in [-0.1, -0.05) is 34.3 Å². The molecule has 0 fully saturated rings. The molecule has 2 unspecified atom stereocenters. The summed E-state index contributed by atoms with van der Waals surface area (Å²) in [6.45, 7) is 19.7. The number of hydrogen-bond donors (Lipinski definition) is 1. The molecule has 9 heteroatoms. The van der Waals surface area contributed by atoms with E-state index in [9.17, 15) is 9.59 Å². The molecule has 0 aliphatic carbocycles. The Morgan fingerprint density at radius 3 is 2.51 bits per heavy atom. The minimum absolute atomic E-state index is 0.0129. The number of nitrogens with zero attached hydrogens (tertiary/aromatic N) is 5. The Kier molecular flexibility index (Phi) is 14.1. The molecule has 3 rings (SSSR count). The molecule has 2 aromatic heterocycles. The first kappa shape index (κ1) is 30.5. The fourth-order valence-corrected chi connectivity index (χ4v) is 4.73. The monoisotopic (exact) mass is 504 g/mol. The van der Waals surface area contributed by atoms with Gasteiger partial charge in [-0.2, -0.15) is 0 Å². The van der Waals surface area contributed by atoms with Crippen molar-refractivity contribution < 1.29 is 9.59 Å². The van der Waals surface area contributed by atoms with Gasteiger partial charge in [-0.05, 0) is 33.5 Å². The molecule has 0 saturated carbocycles. The molecule has 2 aromatic rings. The van der Waals surface area contributed by atoms with Crippen molar-refractivity contribution in [2.75, 3.05) is 26.7 Å². The first-order valence-electron chi connectivity index (χ1n) is 12.5. The van der Waals surface area contributed by atoms with Crippen LogP contribution >= 0.6 is 11.3 Å². The highest BCUT2D eigenvalue weighted by Crippen LogP contribution is 2.25. The molecule has 1 aliphatic rings. The maximum Gasteiger partial charge on any atom is 0.207 e. The minimum Gasteiger partial charge on any atom is -0.376 e. The maximum absolute atomic E-state index is 11.0. The average Bonchev–Trinajstić information content (AvgIpc) is 3.49. The van der Waals surface area contributed by atoms with E-state index in [0.29, 0.717) is 6.04 Å². The predicted octanol–water partition coefficient (Wildman–Crippen LogP) is 4.39. The zero-order valence-corrected chi connectivity index (χ0v) is 23.3. The van der Waals surface area contributed by atoms with E-state index in [1.54, 1.807) is 16.8 Å². The Morgan fingerprint density at radius 2 is 1.97 bits per heavy atom. The Labute approximate surface area is 215 Å². The minimum atomic E-state index is -0.0129. The number of carbonyl (C=O) groups excluding carboxylic acids is 2. The second-order valence-electron chi connectivity index (χ2n) is 8.85. The van der Waals surface area contributed by atoms with Crippen molar-refractivity contribution in [2.24, 2.45) is 5.92 Å². The van der Waals surface area contributed by atoms with Gasteiger partial charge in [0.1, 0.15) is 12.1 Å². The zero-order chi connectivity index (χ0) is 26.4. The van der Waals surface area contributed by atoms with E-state index < -0.39 is 0 Å². The van der Waals surface area contributed by atoms with Crippen molar-refractivity contribution in [3.8, 4) is 0 Å². The molecule has 3 heterocycles. The van der Waals surface area contributed by atoms with Gasteiger partial charge in [-0.25, -0.2) is 4.98 Å². The van der Waals surface area contributed by atoms with Crippen LogP contribution in [0.5, 0.6) is 0 Å². The highest BCUT2D eigenvalue weighted by molar-refractivity contribution is 7.09. The van der Waals surface area contributed by atoms with Gasteiger partial charge < -0.3 is 24.5 Å². The topological polar surface area (TPSA) is 83.4 Å². The van der Waals surface area contributed by atoms with Gasteiger partial charge in [0, 0.05) is 61.3 Å². The molecule has 0 saturated heterocycles. The molecular formula is C26H44N6O2S. The summed E-state index contributed by atoms with van der Waals surface area (Å²) in [6, 6.07) is 0.291. The van der Waals surface area contributed by atoms with Crippen molar-refractivity contribution >= 4 is 24.0 Å². The molecule has 0 aromatic carbocycles. The van der Waals surface area contributed by atoms with Crippen LogP contribution in [0.3, 0.4) is 0 Å². The largest absolute Gasteiger partial charge is 0.376 e. The number of nitrogens with one attached hydrogen (secondary N) is 1. The van der Waals surface area contributed by atoms with Crippen molar-refractivity contribution in [3.05, 3.63) is 46.6 Å². The van der Waals surface area contributed by atoms with E-state index in [-0.39, 0.29) is 12.0 Å². The van der Waals surface area contributed by atoms with E-state index in [0.717, 1.165) is 62.4 Å². The van der Waals surface area contributed by atoms with Crippen LogP contribution in [0.1, 0.15) is 75.2 Å². The van der Waals surface area contributed by atoms with Gasteiger partial charge in [0.05, 0.1) is 17.2 Å². The number of rotatable bonds is 11. The third-order valence-electron chi connectivity index (χ3n) is 5.66. The molecule has 8 nitrogen and oxygen atoms in total. The Bertz CT molecular complexity index is 881. The number of likely N-dealkylation sites (N-methyl/N-ethyl adjacent to an activating group) is 1. The molecule has 1 aliphatic heterocycles. The lowest BCUT2D eigenvalue weighted by atomic mass is 10.1. The number of hydrogen-bond acceptors (Lipinski definition) is 7. The Balaban J connectivity index is 0.000000779. The summed E-state index contributed by atoms with van der Waals surface area (Å²) in [4.78, 5) is 35.0. The van der Waals surface area contributed by atoms with Gasteiger partial charge in [-0.15, -0.1) is 11.3 Å². The summed E-state index contributed by atoms with van der Waals surface area (Å²) < 4.78 is 2.39. The second kappa shape index (κ2) is 16.2. The lowest BCUT2D eigenvalue weighted by Gasteiger charge is -2.29. The second-order valence-corrected chi connectivity index (χ2v) is 9.76. The number of imidazole rings is 1. The number of carbonyl (C=O) groups is 2. The molecular weight excluding hydrogens is 460 g/mol. The van der Waals surface area contributed by atoms with Crippen molar-refractivity contribution in [1.82, 2.24) is 29.7 Å². The number of aromatic nitrogens is 3. The van der Waals surface area contributed by atoms with E-state index >= 15 is 0 Å². The van der Waals surface area contributed by atoms with Crippen LogP contribution in [0, 0.1) is 12.8 Å². The van der Waals surface area contributed by atoms with Crippen molar-refractivity contribution in [1.29, 1.82) is 0 Å². The van der Waals surface area contributed by atoms with E-state index in [1.807, 2.05) is 40.1 Å². The number of aryl methyl sites for hydroxylation is 1. The predicted molar refractivity (Wildman–Crippen MR) is 144 cm³/mol. The van der Waals surface area contributed by atoms with E-state index in [4.69, 9.17) is 4.98 Å². The molecule has 196 valence electrons. The van der Waals surface area contributed by atoms with Crippen LogP contribution in [0.2, 0.25) is 0 Å². The van der Waals surface area contributed by atoms with E-state index in [1.165, 1.54) is 11.4 Å². The summed E-state index contributed by atoms with van der Waals surface area (Å²) in [5.41, 5.74) is 4.38. The van der Waals surface area contributed by atoms with Crippen molar-refractivity contribution in [2.45, 2.75) is 73.0 Å². The van der Waals surface area contributed by atoms with Crippen LogP contribution in [-0.4, -0.2) is 63.7 Å². The van der Waals surface area contributed by atoms with Crippen LogP contribution in [0.4, 0.5) is 0 Å². The number of thiazole rings is 1. The molecule has 0 bridgehead atoms. The van der Waals surface area contributed by atoms with Gasteiger partial charge in [0.15, 0.2) is 0 Å². The van der Waals surface area contributed by atoms with Crippen LogP contribution in [0.25, 0.3) is 0 Å². The van der Waals surface area contributed by atoms with Crippen LogP contribution < -0.4 is 5.32 Å². The molecule has 0 spiro atoms. The van der Waals surface area contributed by atoms with Crippen LogP contribution in [-0.2, 0) is 22.6 Å². The molecule has 1 amide bonds. The van der Waals surface area contributed by atoms with Gasteiger partial charge in [0.25, 0.3) is 0 Å². The first-order valence-corrected chi connectivity index (χ1v) is 13.3. The third-order valence-corrected chi connectivity index (χ3v) is 6.55. The standard InChI is InChI=1S/C20H30N6OS.C4H8O.C2H6/c1-5-25(9-6-17(22-13-27)20-10-21-14-28-20)11-15(2)26-16(3)23-18-12-24(4)8-7-19(18)26;1-4(2)3-5;1-2/h5,10,13-15,17H,1,6-9,11-12H2,2-4H3,(H,22,27);3-4H,1-2H3;1-2H3. The zero-order valence-electron chi connectivity index (χ0n) is 22.5. The van der Waals surface area contributed by atoms with Gasteiger partial charge in [-0.3, -0.25) is 9.78 Å². The summed E-state index contributed by atoms with van der Waals surface area (Å²) in [5.74, 6) is 1.29. The number of fused-ring (bicyclic) bond motifs is 1. The molecule has 1 N–H and O–H groups in total. The van der Waals surface area contributed by atoms with Gasteiger partial charge in [0.2, 0.25) is 6.41 Å². The van der Waals surface area contributed by atoms with Crippen molar-refractivity contribution in [3.63, 3.8) is 0 Å². The average molecular weight is 505 g/mol. The maximum atomic E-state index is 11.0. The summed E-state index contributed by atoms with van der Waals surface area (Å²) in [7, 11) is 2.15. The highest BCUT2D eigenvalue weighted by Gasteiger charge is 2.24. The summed E-state index contributed by atoms with van der Waals surface area (Å²) >= 11 is 1.57. The van der Waals surface area contributed by atoms with E-state index in [2.05, 4.69) is 52.1 Å².